The predicted octanol–water partition coefficient (Wildman–Crippen LogP) is 4.95. The van der Waals surface area contributed by atoms with E-state index in [0.29, 0.717) is 44.9 Å². The molecule has 0 amide bonds. The van der Waals surface area contributed by atoms with Crippen molar-refractivity contribution in [2.75, 3.05) is 13.2 Å². The van der Waals surface area contributed by atoms with Gasteiger partial charge in [-0.05, 0) is 65.5 Å². The van der Waals surface area contributed by atoms with Gasteiger partial charge >= 0.3 is 5.97 Å². The number of carboxylic acid groups (broad SMARTS) is 1. The van der Waals surface area contributed by atoms with Crippen LogP contribution in [0.5, 0.6) is 11.5 Å². The fourth-order valence-corrected chi connectivity index (χ4v) is 4.78. The van der Waals surface area contributed by atoms with E-state index in [0.717, 1.165) is 25.7 Å². The molecule has 0 spiro atoms. The lowest BCUT2D eigenvalue weighted by atomic mass is 9.88. The van der Waals surface area contributed by atoms with Gasteiger partial charge in [0.15, 0.2) is 18.1 Å². The Morgan fingerprint density at radius 1 is 1.24 bits per heavy atom. The summed E-state index contributed by atoms with van der Waals surface area (Å²) in [7, 11) is 0. The second-order valence-electron chi connectivity index (χ2n) is 8.13. The van der Waals surface area contributed by atoms with E-state index in [2.05, 4.69) is 21.0 Å². The molecule has 1 N–H and O–H groups in total. The molecule has 4 rings (SSSR count). The number of aliphatic carboxylic acids is 1. The number of aromatic nitrogens is 2. The van der Waals surface area contributed by atoms with E-state index in [-0.39, 0.29) is 11.5 Å². The van der Waals surface area contributed by atoms with E-state index in [1.54, 1.807) is 24.4 Å². The molecule has 0 aliphatic heterocycles. The van der Waals surface area contributed by atoms with Crippen LogP contribution in [0.1, 0.15) is 56.3 Å². The van der Waals surface area contributed by atoms with Crippen LogP contribution in [0.15, 0.2) is 50.8 Å². The molecular formula is C25H26BrN3O5. The Bertz CT molecular complexity index is 1280. The number of carboxylic acids is 1. The highest BCUT2D eigenvalue weighted by molar-refractivity contribution is 9.10. The topological polar surface area (TPSA) is 103 Å². The van der Waals surface area contributed by atoms with E-state index in [4.69, 9.17) is 19.6 Å². The highest BCUT2D eigenvalue weighted by Crippen LogP contribution is 2.37. The minimum Gasteiger partial charge on any atom is -0.490 e. The molecule has 178 valence electrons. The molecular weight excluding hydrogens is 502 g/mol. The SMILES string of the molecule is CCOc1cc(C=Nn2c(C3CCCCC3)nc3ccccc3c2=O)cc(Br)c1OCC(=O)O. The minimum atomic E-state index is -1.08. The zero-order valence-electron chi connectivity index (χ0n) is 18.9. The number of nitrogens with zero attached hydrogens (tertiary/aromatic N) is 3. The number of hydrogen-bond donors (Lipinski definition) is 1. The minimum absolute atomic E-state index is 0.181. The lowest BCUT2D eigenvalue weighted by Crippen LogP contribution is -2.25. The molecule has 1 aliphatic carbocycles. The first-order valence-electron chi connectivity index (χ1n) is 11.3. The van der Waals surface area contributed by atoms with Crippen LogP contribution in [0.3, 0.4) is 0 Å². The summed E-state index contributed by atoms with van der Waals surface area (Å²) < 4.78 is 13.0. The molecule has 1 saturated carbocycles. The van der Waals surface area contributed by atoms with Gasteiger partial charge in [0, 0.05) is 5.92 Å². The van der Waals surface area contributed by atoms with Crippen LogP contribution in [0, 0.1) is 0 Å². The third-order valence-electron chi connectivity index (χ3n) is 5.74. The number of fused-ring (bicyclic) bond motifs is 1. The molecule has 1 aromatic heterocycles. The van der Waals surface area contributed by atoms with Crippen molar-refractivity contribution in [2.24, 2.45) is 5.10 Å². The predicted molar refractivity (Wildman–Crippen MR) is 133 cm³/mol. The molecule has 0 saturated heterocycles. The molecule has 0 radical (unpaired) electrons. The fourth-order valence-electron chi connectivity index (χ4n) is 4.20. The molecule has 1 heterocycles. The van der Waals surface area contributed by atoms with Gasteiger partial charge in [-0.1, -0.05) is 31.4 Å². The van der Waals surface area contributed by atoms with Crippen LogP contribution in [-0.4, -0.2) is 40.2 Å². The van der Waals surface area contributed by atoms with Crippen molar-refractivity contribution in [1.29, 1.82) is 0 Å². The molecule has 0 atom stereocenters. The van der Waals surface area contributed by atoms with Gasteiger partial charge in [0.25, 0.3) is 5.56 Å². The van der Waals surface area contributed by atoms with Crippen molar-refractivity contribution in [1.82, 2.24) is 9.66 Å². The number of para-hydroxylation sites is 1. The summed E-state index contributed by atoms with van der Waals surface area (Å²) in [5.74, 6) is 0.467. The quantitative estimate of drug-likeness (QED) is 0.415. The maximum atomic E-state index is 13.4. The molecule has 0 bridgehead atoms. The van der Waals surface area contributed by atoms with Gasteiger partial charge in [-0.3, -0.25) is 4.79 Å². The Kier molecular flexibility index (Phi) is 7.62. The Hall–Kier alpha value is -3.20. The van der Waals surface area contributed by atoms with Crippen LogP contribution < -0.4 is 15.0 Å². The van der Waals surface area contributed by atoms with Gasteiger partial charge in [-0.25, -0.2) is 9.78 Å². The number of ether oxygens (including phenoxy) is 2. The number of halogens is 1. The first-order chi connectivity index (χ1) is 16.5. The molecule has 9 heteroatoms. The maximum Gasteiger partial charge on any atom is 0.341 e. The first kappa shape index (κ1) is 23.9. The van der Waals surface area contributed by atoms with Crippen molar-refractivity contribution in [3.8, 4) is 11.5 Å². The van der Waals surface area contributed by atoms with Crippen molar-refractivity contribution < 1.29 is 19.4 Å². The largest absolute Gasteiger partial charge is 0.490 e. The smallest absolute Gasteiger partial charge is 0.341 e. The summed E-state index contributed by atoms with van der Waals surface area (Å²) in [6, 6.07) is 10.8. The van der Waals surface area contributed by atoms with Gasteiger partial charge in [-0.15, -0.1) is 0 Å². The third kappa shape index (κ3) is 5.30. The molecule has 0 unspecified atom stereocenters. The van der Waals surface area contributed by atoms with E-state index >= 15 is 0 Å². The van der Waals surface area contributed by atoms with Gasteiger partial charge in [0.1, 0.15) is 5.82 Å². The van der Waals surface area contributed by atoms with Crippen LogP contribution in [-0.2, 0) is 4.79 Å². The Labute approximate surface area is 205 Å². The van der Waals surface area contributed by atoms with Crippen LogP contribution in [0.25, 0.3) is 10.9 Å². The zero-order chi connectivity index (χ0) is 24.1. The van der Waals surface area contributed by atoms with Crippen molar-refractivity contribution >= 4 is 39.0 Å². The van der Waals surface area contributed by atoms with E-state index < -0.39 is 12.6 Å². The van der Waals surface area contributed by atoms with Crippen LogP contribution in [0.4, 0.5) is 0 Å². The zero-order valence-corrected chi connectivity index (χ0v) is 20.5. The van der Waals surface area contributed by atoms with Crippen LogP contribution >= 0.6 is 15.9 Å². The molecule has 2 aromatic carbocycles. The second-order valence-corrected chi connectivity index (χ2v) is 8.98. The summed E-state index contributed by atoms with van der Waals surface area (Å²) >= 11 is 3.43. The first-order valence-corrected chi connectivity index (χ1v) is 12.1. The second kappa shape index (κ2) is 10.8. The molecule has 1 aliphatic rings. The summed E-state index contributed by atoms with van der Waals surface area (Å²) in [6.07, 6.45) is 6.96. The van der Waals surface area contributed by atoms with Gasteiger partial charge in [-0.2, -0.15) is 9.78 Å². The van der Waals surface area contributed by atoms with Gasteiger partial charge in [0.2, 0.25) is 0 Å². The number of rotatable bonds is 8. The Morgan fingerprint density at radius 2 is 2.00 bits per heavy atom. The van der Waals surface area contributed by atoms with E-state index in [1.807, 2.05) is 25.1 Å². The highest BCUT2D eigenvalue weighted by atomic mass is 79.9. The van der Waals surface area contributed by atoms with Gasteiger partial charge < -0.3 is 14.6 Å². The molecule has 1 fully saturated rings. The molecule has 3 aromatic rings. The summed E-state index contributed by atoms with van der Waals surface area (Å²) in [5, 5.41) is 14.0. The Balaban J connectivity index is 1.76. The van der Waals surface area contributed by atoms with Crippen molar-refractivity contribution in [2.45, 2.75) is 44.9 Å². The number of benzene rings is 2. The van der Waals surface area contributed by atoms with E-state index in [1.165, 1.54) is 11.1 Å². The average molecular weight is 528 g/mol. The van der Waals surface area contributed by atoms with Crippen molar-refractivity contribution in [3.05, 3.63) is 62.6 Å². The maximum absolute atomic E-state index is 13.4. The highest BCUT2D eigenvalue weighted by Gasteiger charge is 2.22. The summed E-state index contributed by atoms with van der Waals surface area (Å²) in [4.78, 5) is 29.1. The monoisotopic (exact) mass is 527 g/mol. The lowest BCUT2D eigenvalue weighted by Gasteiger charge is -2.22. The number of hydrogen-bond acceptors (Lipinski definition) is 6. The van der Waals surface area contributed by atoms with Gasteiger partial charge in [0.05, 0.1) is 28.2 Å². The van der Waals surface area contributed by atoms with Crippen LogP contribution in [0.2, 0.25) is 0 Å². The fraction of sp³-hybridized carbons (Fsp3) is 0.360. The number of carbonyl (C=O) groups is 1. The summed E-state index contributed by atoms with van der Waals surface area (Å²) in [6.45, 7) is 1.71. The summed E-state index contributed by atoms with van der Waals surface area (Å²) in [5.41, 5.74) is 1.14. The van der Waals surface area contributed by atoms with E-state index in [9.17, 15) is 9.59 Å². The average Bonchev–Trinajstić information content (AvgIpc) is 2.83. The third-order valence-corrected chi connectivity index (χ3v) is 6.33. The molecule has 34 heavy (non-hydrogen) atoms. The standard InChI is InChI=1S/C25H26BrN3O5/c1-2-33-21-13-16(12-19(26)23(21)34-15-22(30)31)14-27-29-24(17-8-4-3-5-9-17)28-20-11-7-6-10-18(20)25(29)32/h6-7,10-14,17H,2-5,8-9,15H2,1H3,(H,30,31). The molecule has 8 nitrogen and oxygen atoms in total. The lowest BCUT2D eigenvalue weighted by molar-refractivity contribution is -0.139. The van der Waals surface area contributed by atoms with Crippen molar-refractivity contribution in [3.63, 3.8) is 0 Å². The Morgan fingerprint density at radius 3 is 2.74 bits per heavy atom. The normalized spacial score (nSPS) is 14.5.